The third kappa shape index (κ3) is 8.53. The van der Waals surface area contributed by atoms with Crippen molar-refractivity contribution < 1.29 is 28.7 Å². The van der Waals surface area contributed by atoms with Crippen LogP contribution >= 0.6 is 0 Å². The maximum absolute atomic E-state index is 13.7. The topological polar surface area (TPSA) is 117 Å². The van der Waals surface area contributed by atoms with E-state index in [1.165, 1.54) is 0 Å². The molecule has 1 atom stereocenters. The van der Waals surface area contributed by atoms with Gasteiger partial charge in [-0.1, -0.05) is 55.8 Å². The van der Waals surface area contributed by atoms with E-state index >= 15 is 0 Å². The first-order valence-electron chi connectivity index (χ1n) is 14.5. The Morgan fingerprint density at radius 1 is 0.927 bits per heavy atom. The minimum absolute atomic E-state index is 0.116. The van der Waals surface area contributed by atoms with Crippen molar-refractivity contribution in [3.63, 3.8) is 0 Å². The first-order valence-corrected chi connectivity index (χ1v) is 14.5. The van der Waals surface area contributed by atoms with Crippen molar-refractivity contribution in [1.82, 2.24) is 15.1 Å². The normalized spacial score (nSPS) is 16.5. The molecule has 4 rings (SSSR count). The average Bonchev–Trinajstić information content (AvgIpc) is 3.01. The molecule has 0 saturated carbocycles. The highest BCUT2D eigenvalue weighted by Crippen LogP contribution is 2.22. The van der Waals surface area contributed by atoms with E-state index in [1.807, 2.05) is 42.2 Å². The van der Waals surface area contributed by atoms with Gasteiger partial charge < -0.3 is 29.9 Å². The number of esters is 1. The van der Waals surface area contributed by atoms with E-state index in [0.29, 0.717) is 70.9 Å². The van der Waals surface area contributed by atoms with Gasteiger partial charge >= 0.3 is 12.0 Å². The van der Waals surface area contributed by atoms with Gasteiger partial charge in [-0.15, -0.1) is 0 Å². The summed E-state index contributed by atoms with van der Waals surface area (Å²) in [7, 11) is 0. The van der Waals surface area contributed by atoms with Crippen molar-refractivity contribution in [2.75, 3.05) is 51.3 Å². The van der Waals surface area contributed by atoms with Crippen molar-refractivity contribution in [3.05, 3.63) is 65.7 Å². The predicted molar refractivity (Wildman–Crippen MR) is 154 cm³/mol. The first-order chi connectivity index (χ1) is 20.0. The molecule has 0 radical (unpaired) electrons. The zero-order valence-electron chi connectivity index (χ0n) is 23.7. The minimum atomic E-state index is -0.826. The largest absolute Gasteiger partial charge is 0.462 e. The molecular formula is C31H40N4O6. The number of carbonyl (C=O) groups is 4. The molecule has 2 aromatic carbocycles. The van der Waals surface area contributed by atoms with E-state index in [-0.39, 0.29) is 23.3 Å². The Bertz CT molecular complexity index is 1180. The summed E-state index contributed by atoms with van der Waals surface area (Å²) in [6.07, 6.45) is 3.12. The van der Waals surface area contributed by atoms with E-state index in [1.54, 1.807) is 29.2 Å². The number of hydrogen-bond acceptors (Lipinski definition) is 6. The molecule has 0 spiro atoms. The lowest BCUT2D eigenvalue weighted by molar-refractivity contribution is -0.144. The van der Waals surface area contributed by atoms with Crippen LogP contribution in [0.25, 0.3) is 0 Å². The van der Waals surface area contributed by atoms with Gasteiger partial charge in [0.2, 0.25) is 11.8 Å². The van der Waals surface area contributed by atoms with Gasteiger partial charge in [-0.25, -0.2) is 9.59 Å². The van der Waals surface area contributed by atoms with Crippen LogP contribution in [-0.4, -0.2) is 85.7 Å². The van der Waals surface area contributed by atoms with Gasteiger partial charge in [0, 0.05) is 38.5 Å². The van der Waals surface area contributed by atoms with Crippen LogP contribution < -0.4 is 10.6 Å². The van der Waals surface area contributed by atoms with Gasteiger partial charge in [-0.05, 0) is 37.0 Å². The van der Waals surface area contributed by atoms with Gasteiger partial charge in [-0.2, -0.15) is 0 Å². The summed E-state index contributed by atoms with van der Waals surface area (Å²) < 4.78 is 10.7. The van der Waals surface area contributed by atoms with E-state index in [2.05, 4.69) is 10.6 Å². The molecule has 2 saturated heterocycles. The van der Waals surface area contributed by atoms with Crippen molar-refractivity contribution in [2.24, 2.45) is 5.92 Å². The fraction of sp³-hybridized carbons (Fsp3) is 0.484. The molecule has 0 unspecified atom stereocenters. The van der Waals surface area contributed by atoms with Crippen molar-refractivity contribution in [1.29, 1.82) is 0 Å². The fourth-order valence-corrected chi connectivity index (χ4v) is 5.13. The summed E-state index contributed by atoms with van der Waals surface area (Å²) >= 11 is 0. The molecule has 2 heterocycles. The Morgan fingerprint density at radius 2 is 1.61 bits per heavy atom. The number of nitrogens with one attached hydrogen (secondary N) is 2. The van der Waals surface area contributed by atoms with Gasteiger partial charge in [0.25, 0.3) is 0 Å². The molecular weight excluding hydrogens is 524 g/mol. The highest BCUT2D eigenvalue weighted by molar-refractivity contribution is 6.01. The standard InChI is InChI=1S/C31H40N4O6/c1-2-3-19-41-30(38)25-11-7-8-12-26(25)32-31(39)33-27(22-23-9-5-4-6-10-23)29(37)34-15-13-24(14-16-34)28(36)35-17-20-40-21-18-35/h4-12,24,27H,2-3,13-22H2,1H3,(H2,32,33,39)/t27-/m0/s1. The van der Waals surface area contributed by atoms with Gasteiger partial charge in [0.15, 0.2) is 0 Å². The van der Waals surface area contributed by atoms with Gasteiger partial charge in [0.1, 0.15) is 6.04 Å². The molecule has 0 aromatic heterocycles. The third-order valence-electron chi connectivity index (χ3n) is 7.49. The molecule has 2 aromatic rings. The molecule has 41 heavy (non-hydrogen) atoms. The number of ether oxygens (including phenoxy) is 2. The minimum Gasteiger partial charge on any atom is -0.462 e. The smallest absolute Gasteiger partial charge is 0.340 e. The molecule has 2 aliphatic rings. The van der Waals surface area contributed by atoms with E-state index in [4.69, 9.17) is 9.47 Å². The number of rotatable bonds is 10. The maximum atomic E-state index is 13.7. The highest BCUT2D eigenvalue weighted by Gasteiger charge is 2.34. The number of amides is 4. The summed E-state index contributed by atoms with van der Waals surface area (Å²) in [5, 5.41) is 5.57. The first kappa shape index (κ1) is 30.0. The van der Waals surface area contributed by atoms with Crippen LogP contribution in [0.1, 0.15) is 48.5 Å². The lowest BCUT2D eigenvalue weighted by Gasteiger charge is -2.36. The monoisotopic (exact) mass is 564 g/mol. The SMILES string of the molecule is CCCCOC(=O)c1ccccc1NC(=O)N[C@@H](Cc1ccccc1)C(=O)N1CCC(C(=O)N2CCOCC2)CC1. The third-order valence-corrected chi connectivity index (χ3v) is 7.49. The zero-order chi connectivity index (χ0) is 29.0. The molecule has 2 N–H and O–H groups in total. The van der Waals surface area contributed by atoms with E-state index in [0.717, 1.165) is 18.4 Å². The second-order valence-electron chi connectivity index (χ2n) is 10.4. The van der Waals surface area contributed by atoms with Crippen LogP contribution in [0.3, 0.4) is 0 Å². The summed E-state index contributed by atoms with van der Waals surface area (Å²) in [5.74, 6) is -0.700. The Hall–Kier alpha value is -3.92. The molecule has 0 aliphatic carbocycles. The van der Waals surface area contributed by atoms with Gasteiger partial charge in [0.05, 0.1) is 31.1 Å². The molecule has 10 nitrogen and oxygen atoms in total. The zero-order valence-corrected chi connectivity index (χ0v) is 23.7. The molecule has 2 aliphatic heterocycles. The number of carbonyl (C=O) groups excluding carboxylic acids is 4. The number of piperidine rings is 1. The van der Waals surface area contributed by atoms with Crippen molar-refractivity contribution in [2.45, 2.75) is 45.1 Å². The quantitative estimate of drug-likeness (QED) is 0.337. The molecule has 10 heteroatoms. The number of unbranched alkanes of at least 4 members (excludes halogenated alkanes) is 1. The predicted octanol–water partition coefficient (Wildman–Crippen LogP) is 3.47. The summed E-state index contributed by atoms with van der Waals surface area (Å²) in [6.45, 7) is 5.53. The Kier molecular flexibility index (Phi) is 11.1. The summed E-state index contributed by atoms with van der Waals surface area (Å²) in [6, 6.07) is 14.7. The second-order valence-corrected chi connectivity index (χ2v) is 10.4. The van der Waals surface area contributed by atoms with Crippen LogP contribution in [-0.2, 0) is 25.5 Å². The van der Waals surface area contributed by atoms with Crippen LogP contribution in [0.2, 0.25) is 0 Å². The number of likely N-dealkylation sites (tertiary alicyclic amines) is 1. The maximum Gasteiger partial charge on any atom is 0.340 e. The van der Waals surface area contributed by atoms with Crippen LogP contribution in [0.15, 0.2) is 54.6 Å². The number of hydrogen-bond donors (Lipinski definition) is 2. The fourth-order valence-electron chi connectivity index (χ4n) is 5.13. The molecule has 0 bridgehead atoms. The Morgan fingerprint density at radius 3 is 2.32 bits per heavy atom. The Labute approximate surface area is 241 Å². The lowest BCUT2D eigenvalue weighted by atomic mass is 9.94. The number of urea groups is 1. The number of benzene rings is 2. The van der Waals surface area contributed by atoms with Crippen LogP contribution in [0.5, 0.6) is 0 Å². The Balaban J connectivity index is 1.40. The van der Waals surface area contributed by atoms with Crippen molar-refractivity contribution >= 4 is 29.5 Å². The van der Waals surface area contributed by atoms with Crippen LogP contribution in [0.4, 0.5) is 10.5 Å². The molecule has 2 fully saturated rings. The summed E-state index contributed by atoms with van der Waals surface area (Å²) in [4.78, 5) is 56.0. The lowest BCUT2D eigenvalue weighted by Crippen LogP contribution is -2.53. The van der Waals surface area contributed by atoms with Gasteiger partial charge in [-0.3, -0.25) is 9.59 Å². The van der Waals surface area contributed by atoms with E-state index < -0.39 is 18.0 Å². The highest BCUT2D eigenvalue weighted by atomic mass is 16.5. The number of para-hydroxylation sites is 1. The van der Waals surface area contributed by atoms with E-state index in [9.17, 15) is 19.2 Å². The number of morpholine rings is 1. The molecule has 220 valence electrons. The van der Waals surface area contributed by atoms with Crippen LogP contribution in [0, 0.1) is 5.92 Å². The number of anilines is 1. The average molecular weight is 565 g/mol. The second kappa shape index (κ2) is 15.2. The molecule has 4 amide bonds. The van der Waals surface area contributed by atoms with Crippen molar-refractivity contribution in [3.8, 4) is 0 Å². The number of nitrogens with zero attached hydrogens (tertiary/aromatic N) is 2. The summed E-state index contributed by atoms with van der Waals surface area (Å²) in [5.41, 5.74) is 1.46.